The van der Waals surface area contributed by atoms with Gasteiger partial charge in [-0.3, -0.25) is 4.68 Å². The number of hydrogen-bond donors (Lipinski definition) is 0. The number of fused-ring (bicyclic) bond motifs is 1. The van der Waals surface area contributed by atoms with E-state index in [0.717, 1.165) is 37.4 Å². The van der Waals surface area contributed by atoms with Gasteiger partial charge < -0.3 is 4.90 Å². The monoisotopic (exact) mass is 269 g/mol. The molecule has 0 saturated carbocycles. The van der Waals surface area contributed by atoms with Crippen molar-refractivity contribution in [3.8, 4) is 0 Å². The van der Waals surface area contributed by atoms with Gasteiger partial charge in [0.1, 0.15) is 12.1 Å². The summed E-state index contributed by atoms with van der Waals surface area (Å²) >= 11 is 0. The average molecular weight is 269 g/mol. The minimum atomic E-state index is 0.482. The molecule has 1 aliphatic carbocycles. The molecule has 20 heavy (non-hydrogen) atoms. The van der Waals surface area contributed by atoms with Crippen molar-refractivity contribution in [3.05, 3.63) is 35.0 Å². The second kappa shape index (κ2) is 4.30. The van der Waals surface area contributed by atoms with E-state index in [9.17, 15) is 0 Å². The summed E-state index contributed by atoms with van der Waals surface area (Å²) in [4.78, 5) is 11.3. The number of aryl methyl sites for hydroxylation is 3. The highest BCUT2D eigenvalue weighted by Crippen LogP contribution is 2.33. The van der Waals surface area contributed by atoms with Gasteiger partial charge in [-0.2, -0.15) is 5.10 Å². The molecule has 1 fully saturated rings. The summed E-state index contributed by atoms with van der Waals surface area (Å²) in [7, 11) is 0. The first kappa shape index (κ1) is 11.9. The van der Waals surface area contributed by atoms with E-state index in [1.54, 1.807) is 6.33 Å². The summed E-state index contributed by atoms with van der Waals surface area (Å²) < 4.78 is 2.16. The van der Waals surface area contributed by atoms with Crippen LogP contribution in [0.3, 0.4) is 0 Å². The Balaban J connectivity index is 1.55. The molecule has 0 unspecified atom stereocenters. The molecule has 0 N–H and O–H groups in total. The van der Waals surface area contributed by atoms with Crippen molar-refractivity contribution < 1.29 is 0 Å². The van der Waals surface area contributed by atoms with Gasteiger partial charge in [0, 0.05) is 30.0 Å². The van der Waals surface area contributed by atoms with Crippen molar-refractivity contribution >= 4 is 5.82 Å². The maximum atomic E-state index is 4.59. The molecule has 0 amide bonds. The zero-order valence-electron chi connectivity index (χ0n) is 12.0. The topological polar surface area (TPSA) is 46.8 Å². The van der Waals surface area contributed by atoms with E-state index >= 15 is 0 Å². The van der Waals surface area contributed by atoms with Crippen LogP contribution in [-0.4, -0.2) is 32.8 Å². The average Bonchev–Trinajstić information content (AvgIpc) is 2.95. The minimum absolute atomic E-state index is 0.482. The Bertz CT molecular complexity index is 654. The van der Waals surface area contributed by atoms with Crippen LogP contribution < -0.4 is 4.90 Å². The Morgan fingerprint density at radius 3 is 2.75 bits per heavy atom. The van der Waals surface area contributed by atoms with E-state index in [4.69, 9.17) is 0 Å². The molecule has 3 heterocycles. The maximum absolute atomic E-state index is 4.59. The van der Waals surface area contributed by atoms with E-state index in [2.05, 4.69) is 44.6 Å². The predicted octanol–water partition coefficient (Wildman–Crippen LogP) is 1.84. The number of aromatic nitrogens is 4. The molecular weight excluding hydrogens is 250 g/mol. The molecule has 4 rings (SSSR count). The third-order valence-electron chi connectivity index (χ3n) is 4.40. The van der Waals surface area contributed by atoms with Gasteiger partial charge in [0.05, 0.1) is 11.7 Å². The number of anilines is 1. The van der Waals surface area contributed by atoms with Gasteiger partial charge in [0.2, 0.25) is 0 Å². The minimum Gasteiger partial charge on any atom is -0.352 e. The lowest BCUT2D eigenvalue weighted by molar-refractivity contribution is 0.358. The smallest absolute Gasteiger partial charge is 0.135 e. The van der Waals surface area contributed by atoms with Crippen LogP contribution in [0.5, 0.6) is 0 Å². The fraction of sp³-hybridized carbons (Fsp3) is 0.533. The second-order valence-corrected chi connectivity index (χ2v) is 5.91. The van der Waals surface area contributed by atoms with Gasteiger partial charge in [-0.05, 0) is 39.2 Å². The molecule has 0 radical (unpaired) electrons. The summed E-state index contributed by atoms with van der Waals surface area (Å²) in [6.07, 6.45) is 5.18. The maximum Gasteiger partial charge on any atom is 0.135 e. The molecule has 104 valence electrons. The SMILES string of the molecule is Cc1cc(C)n(C2CN(c3ncnc4c3CCC4)C2)n1. The van der Waals surface area contributed by atoms with Crippen molar-refractivity contribution in [2.24, 2.45) is 0 Å². The normalized spacial score (nSPS) is 18.2. The molecule has 5 nitrogen and oxygen atoms in total. The van der Waals surface area contributed by atoms with E-state index in [0.29, 0.717) is 6.04 Å². The summed E-state index contributed by atoms with van der Waals surface area (Å²) in [5, 5.41) is 4.59. The molecule has 0 bridgehead atoms. The van der Waals surface area contributed by atoms with Crippen LogP contribution in [0.1, 0.15) is 35.1 Å². The van der Waals surface area contributed by atoms with E-state index in [1.165, 1.54) is 23.4 Å². The molecule has 0 spiro atoms. The largest absolute Gasteiger partial charge is 0.352 e. The molecular formula is C15H19N5. The van der Waals surface area contributed by atoms with E-state index in [1.807, 2.05) is 0 Å². The van der Waals surface area contributed by atoms with Crippen molar-refractivity contribution in [3.63, 3.8) is 0 Å². The Morgan fingerprint density at radius 1 is 1.15 bits per heavy atom. The van der Waals surface area contributed by atoms with Gasteiger partial charge in [-0.1, -0.05) is 0 Å². The number of hydrogen-bond acceptors (Lipinski definition) is 4. The standard InChI is InChI=1S/C15H19N5/c1-10-6-11(2)20(18-10)12-7-19(8-12)15-13-4-3-5-14(13)16-9-17-15/h6,9,12H,3-5,7-8H2,1-2H3. The first-order valence-corrected chi connectivity index (χ1v) is 7.33. The zero-order valence-corrected chi connectivity index (χ0v) is 12.0. The van der Waals surface area contributed by atoms with Gasteiger partial charge in [-0.15, -0.1) is 0 Å². The highest BCUT2D eigenvalue weighted by molar-refractivity contribution is 5.52. The lowest BCUT2D eigenvalue weighted by Crippen LogP contribution is -2.49. The molecule has 1 aliphatic heterocycles. The van der Waals surface area contributed by atoms with Gasteiger partial charge in [-0.25, -0.2) is 9.97 Å². The first-order chi connectivity index (χ1) is 9.72. The Hall–Kier alpha value is -1.91. The Labute approximate surface area is 118 Å². The molecule has 2 aromatic rings. The number of nitrogens with zero attached hydrogens (tertiary/aromatic N) is 5. The van der Waals surface area contributed by atoms with Gasteiger partial charge in [0.15, 0.2) is 0 Å². The van der Waals surface area contributed by atoms with E-state index in [-0.39, 0.29) is 0 Å². The van der Waals surface area contributed by atoms with Gasteiger partial charge in [0.25, 0.3) is 0 Å². The third kappa shape index (κ3) is 1.72. The van der Waals surface area contributed by atoms with E-state index < -0.39 is 0 Å². The molecule has 5 heteroatoms. The van der Waals surface area contributed by atoms with Crippen molar-refractivity contribution in [1.29, 1.82) is 0 Å². The Morgan fingerprint density at radius 2 is 2.00 bits per heavy atom. The summed E-state index contributed by atoms with van der Waals surface area (Å²) in [5.74, 6) is 1.16. The fourth-order valence-corrected chi connectivity index (χ4v) is 3.41. The van der Waals surface area contributed by atoms with Crippen LogP contribution in [0.15, 0.2) is 12.4 Å². The molecule has 0 aromatic carbocycles. The van der Waals surface area contributed by atoms with Crippen LogP contribution in [0, 0.1) is 13.8 Å². The third-order valence-corrected chi connectivity index (χ3v) is 4.40. The lowest BCUT2D eigenvalue weighted by atomic mass is 10.1. The van der Waals surface area contributed by atoms with Crippen LogP contribution >= 0.6 is 0 Å². The fourth-order valence-electron chi connectivity index (χ4n) is 3.41. The van der Waals surface area contributed by atoms with Crippen molar-refractivity contribution in [1.82, 2.24) is 19.7 Å². The predicted molar refractivity (Wildman–Crippen MR) is 77.0 cm³/mol. The highest BCUT2D eigenvalue weighted by atomic mass is 15.4. The zero-order chi connectivity index (χ0) is 13.7. The van der Waals surface area contributed by atoms with Crippen LogP contribution in [0.2, 0.25) is 0 Å². The number of rotatable bonds is 2. The molecule has 1 saturated heterocycles. The summed E-state index contributed by atoms with van der Waals surface area (Å²) in [5.41, 5.74) is 4.98. The quantitative estimate of drug-likeness (QED) is 0.834. The summed E-state index contributed by atoms with van der Waals surface area (Å²) in [6, 6.07) is 2.63. The van der Waals surface area contributed by atoms with Gasteiger partial charge >= 0.3 is 0 Å². The molecule has 2 aliphatic rings. The van der Waals surface area contributed by atoms with Crippen LogP contribution in [0.4, 0.5) is 5.82 Å². The van der Waals surface area contributed by atoms with Crippen LogP contribution in [-0.2, 0) is 12.8 Å². The van der Waals surface area contributed by atoms with Crippen molar-refractivity contribution in [2.45, 2.75) is 39.2 Å². The van der Waals surface area contributed by atoms with Crippen LogP contribution in [0.25, 0.3) is 0 Å². The second-order valence-electron chi connectivity index (χ2n) is 5.91. The first-order valence-electron chi connectivity index (χ1n) is 7.33. The Kier molecular flexibility index (Phi) is 2.55. The lowest BCUT2D eigenvalue weighted by Gasteiger charge is -2.41. The molecule has 2 aromatic heterocycles. The van der Waals surface area contributed by atoms with Crippen molar-refractivity contribution in [2.75, 3.05) is 18.0 Å². The highest BCUT2D eigenvalue weighted by Gasteiger charge is 2.33. The molecule has 0 atom stereocenters. The summed E-state index contributed by atoms with van der Waals surface area (Å²) in [6.45, 7) is 6.19.